The van der Waals surface area contributed by atoms with Gasteiger partial charge in [-0.3, -0.25) is 4.79 Å². The molecule has 3 rings (SSSR count). The van der Waals surface area contributed by atoms with Crippen LogP contribution in [0.2, 0.25) is 5.02 Å². The van der Waals surface area contributed by atoms with Gasteiger partial charge in [0.2, 0.25) is 5.95 Å². The molecule has 0 bridgehead atoms. The number of anilines is 1. The molecule has 0 aliphatic carbocycles. The normalized spacial score (nSPS) is 20.3. The van der Waals surface area contributed by atoms with E-state index >= 15 is 0 Å². The van der Waals surface area contributed by atoms with Crippen LogP contribution in [0.4, 0.5) is 5.95 Å². The second-order valence-electron chi connectivity index (χ2n) is 5.94. The summed E-state index contributed by atoms with van der Waals surface area (Å²) < 4.78 is 5.33. The van der Waals surface area contributed by atoms with Gasteiger partial charge in [-0.25, -0.2) is 9.97 Å². The molecule has 6 nitrogen and oxygen atoms in total. The Morgan fingerprint density at radius 1 is 1.27 bits per heavy atom. The Morgan fingerprint density at radius 3 is 2.64 bits per heavy atom. The van der Waals surface area contributed by atoms with E-state index in [0.29, 0.717) is 35.8 Å². The van der Waals surface area contributed by atoms with Crippen molar-refractivity contribution >= 4 is 23.5 Å². The summed E-state index contributed by atoms with van der Waals surface area (Å²) in [6, 6.07) is 0. The number of hydrogen-bond donors (Lipinski definition) is 0. The van der Waals surface area contributed by atoms with E-state index in [2.05, 4.69) is 16.9 Å². The number of piperidine rings is 1. The molecule has 3 heterocycles. The first kappa shape index (κ1) is 15.5. The smallest absolute Gasteiger partial charge is 0.274 e. The fourth-order valence-corrected chi connectivity index (χ4v) is 2.96. The van der Waals surface area contributed by atoms with E-state index in [1.54, 1.807) is 0 Å². The van der Waals surface area contributed by atoms with Crippen LogP contribution >= 0.6 is 11.6 Å². The SMILES string of the molecule is CC1CCN(C(=O)c2nc(N3CCOCC3)ncc2Cl)CC1. The third-order valence-electron chi connectivity index (χ3n) is 4.30. The summed E-state index contributed by atoms with van der Waals surface area (Å²) >= 11 is 6.16. The number of rotatable bonds is 2. The molecule has 0 saturated carbocycles. The number of halogens is 1. The highest BCUT2D eigenvalue weighted by atomic mass is 35.5. The Hall–Kier alpha value is -1.40. The van der Waals surface area contributed by atoms with Crippen LogP contribution in [-0.4, -0.2) is 60.2 Å². The topological polar surface area (TPSA) is 58.6 Å². The van der Waals surface area contributed by atoms with Crippen molar-refractivity contribution in [2.24, 2.45) is 5.92 Å². The highest BCUT2D eigenvalue weighted by molar-refractivity contribution is 6.33. The van der Waals surface area contributed by atoms with Crippen molar-refractivity contribution in [1.29, 1.82) is 0 Å². The first-order valence-corrected chi connectivity index (χ1v) is 8.17. The van der Waals surface area contributed by atoms with Gasteiger partial charge in [-0.1, -0.05) is 18.5 Å². The van der Waals surface area contributed by atoms with Crippen LogP contribution in [0.1, 0.15) is 30.3 Å². The van der Waals surface area contributed by atoms with E-state index in [0.717, 1.165) is 39.0 Å². The van der Waals surface area contributed by atoms with Gasteiger partial charge in [0.25, 0.3) is 5.91 Å². The maximum Gasteiger partial charge on any atom is 0.274 e. The van der Waals surface area contributed by atoms with E-state index in [9.17, 15) is 4.79 Å². The second-order valence-corrected chi connectivity index (χ2v) is 6.35. The summed E-state index contributed by atoms with van der Waals surface area (Å²) in [6.45, 7) is 6.53. The summed E-state index contributed by atoms with van der Waals surface area (Å²) in [4.78, 5) is 25.2. The third kappa shape index (κ3) is 3.33. The lowest BCUT2D eigenvalue weighted by molar-refractivity contribution is 0.0691. The molecule has 1 aromatic heterocycles. The van der Waals surface area contributed by atoms with Crippen LogP contribution in [0, 0.1) is 5.92 Å². The largest absolute Gasteiger partial charge is 0.378 e. The molecule has 1 aromatic rings. The minimum Gasteiger partial charge on any atom is -0.378 e. The average molecular weight is 325 g/mol. The van der Waals surface area contributed by atoms with Gasteiger partial charge in [0, 0.05) is 26.2 Å². The number of aromatic nitrogens is 2. The Bertz CT molecular complexity index is 540. The van der Waals surface area contributed by atoms with Crippen LogP contribution in [0.5, 0.6) is 0 Å². The van der Waals surface area contributed by atoms with Crippen molar-refractivity contribution in [2.75, 3.05) is 44.3 Å². The number of hydrogen-bond acceptors (Lipinski definition) is 5. The van der Waals surface area contributed by atoms with E-state index in [4.69, 9.17) is 16.3 Å². The monoisotopic (exact) mass is 324 g/mol. The van der Waals surface area contributed by atoms with Crippen LogP contribution < -0.4 is 4.90 Å². The van der Waals surface area contributed by atoms with E-state index < -0.39 is 0 Å². The van der Waals surface area contributed by atoms with Crippen molar-refractivity contribution in [2.45, 2.75) is 19.8 Å². The fraction of sp³-hybridized carbons (Fsp3) is 0.667. The molecule has 7 heteroatoms. The van der Waals surface area contributed by atoms with Crippen molar-refractivity contribution < 1.29 is 9.53 Å². The Labute approximate surface area is 135 Å². The minimum absolute atomic E-state index is 0.0891. The lowest BCUT2D eigenvalue weighted by atomic mass is 9.99. The van der Waals surface area contributed by atoms with Gasteiger partial charge in [-0.15, -0.1) is 0 Å². The number of carbonyl (C=O) groups excluding carboxylic acids is 1. The lowest BCUT2D eigenvalue weighted by Gasteiger charge is -2.31. The molecule has 2 aliphatic rings. The second kappa shape index (κ2) is 6.79. The molecular formula is C15H21ClN4O2. The van der Waals surface area contributed by atoms with Gasteiger partial charge in [0.15, 0.2) is 5.69 Å². The van der Waals surface area contributed by atoms with Gasteiger partial charge in [-0.2, -0.15) is 0 Å². The third-order valence-corrected chi connectivity index (χ3v) is 4.58. The zero-order valence-corrected chi connectivity index (χ0v) is 13.6. The standard InChI is InChI=1S/C15H21ClN4O2/c1-11-2-4-19(5-3-11)14(21)13-12(16)10-17-15(18-13)20-6-8-22-9-7-20/h10-11H,2-9H2,1H3. The van der Waals surface area contributed by atoms with E-state index in [-0.39, 0.29) is 5.91 Å². The van der Waals surface area contributed by atoms with Crippen LogP contribution in [0.25, 0.3) is 0 Å². The van der Waals surface area contributed by atoms with Gasteiger partial charge in [0.1, 0.15) is 0 Å². The molecule has 2 aliphatic heterocycles. The minimum atomic E-state index is -0.0891. The van der Waals surface area contributed by atoms with Gasteiger partial charge < -0.3 is 14.5 Å². The van der Waals surface area contributed by atoms with Gasteiger partial charge in [-0.05, 0) is 18.8 Å². The van der Waals surface area contributed by atoms with E-state index in [1.165, 1.54) is 6.20 Å². The average Bonchev–Trinajstić information content (AvgIpc) is 2.56. The number of ether oxygens (including phenoxy) is 1. The van der Waals surface area contributed by atoms with Crippen molar-refractivity contribution in [3.63, 3.8) is 0 Å². The highest BCUT2D eigenvalue weighted by Crippen LogP contribution is 2.22. The molecule has 22 heavy (non-hydrogen) atoms. The molecule has 0 atom stereocenters. The van der Waals surface area contributed by atoms with Crippen LogP contribution in [-0.2, 0) is 4.74 Å². The lowest BCUT2D eigenvalue weighted by Crippen LogP contribution is -2.40. The predicted molar refractivity (Wildman–Crippen MR) is 84.4 cm³/mol. The molecule has 0 N–H and O–H groups in total. The molecule has 1 amide bonds. The molecule has 0 radical (unpaired) electrons. The van der Waals surface area contributed by atoms with Gasteiger partial charge in [0.05, 0.1) is 24.4 Å². The number of likely N-dealkylation sites (tertiary alicyclic amines) is 1. The van der Waals surface area contributed by atoms with E-state index in [1.807, 2.05) is 9.80 Å². The first-order chi connectivity index (χ1) is 10.6. The van der Waals surface area contributed by atoms with Crippen molar-refractivity contribution in [3.05, 3.63) is 16.9 Å². The zero-order valence-electron chi connectivity index (χ0n) is 12.8. The number of morpholine rings is 1. The molecule has 0 aromatic carbocycles. The fourth-order valence-electron chi connectivity index (χ4n) is 2.78. The zero-order chi connectivity index (χ0) is 15.5. The first-order valence-electron chi connectivity index (χ1n) is 7.79. The number of amides is 1. The maximum absolute atomic E-state index is 12.7. The number of nitrogens with zero attached hydrogens (tertiary/aromatic N) is 4. The molecular weight excluding hydrogens is 304 g/mol. The highest BCUT2D eigenvalue weighted by Gasteiger charge is 2.25. The molecule has 0 spiro atoms. The van der Waals surface area contributed by atoms with Crippen molar-refractivity contribution in [3.8, 4) is 0 Å². The summed E-state index contributed by atoms with van der Waals surface area (Å²) in [6.07, 6.45) is 3.59. The Morgan fingerprint density at radius 2 is 1.95 bits per heavy atom. The predicted octanol–water partition coefficient (Wildman–Crippen LogP) is 1.84. The van der Waals surface area contributed by atoms with Crippen LogP contribution in [0.15, 0.2) is 6.20 Å². The summed E-state index contributed by atoms with van der Waals surface area (Å²) in [5, 5.41) is 0.320. The maximum atomic E-state index is 12.7. The van der Waals surface area contributed by atoms with Gasteiger partial charge >= 0.3 is 0 Å². The number of carbonyl (C=O) groups is 1. The molecule has 2 fully saturated rings. The molecule has 0 unspecified atom stereocenters. The summed E-state index contributed by atoms with van der Waals surface area (Å²) in [7, 11) is 0. The summed E-state index contributed by atoms with van der Waals surface area (Å²) in [5.74, 6) is 1.14. The molecule has 2 saturated heterocycles. The van der Waals surface area contributed by atoms with Crippen LogP contribution in [0.3, 0.4) is 0 Å². The quantitative estimate of drug-likeness (QED) is 0.831. The summed E-state index contributed by atoms with van der Waals surface area (Å²) in [5.41, 5.74) is 0.313. The Balaban J connectivity index is 1.78. The molecule has 120 valence electrons. The van der Waals surface area contributed by atoms with Crippen molar-refractivity contribution in [1.82, 2.24) is 14.9 Å². The Kier molecular flexibility index (Phi) is 4.78.